The van der Waals surface area contributed by atoms with Crippen molar-refractivity contribution < 1.29 is 4.79 Å². The smallest absolute Gasteiger partial charge is 0.254 e. The van der Waals surface area contributed by atoms with E-state index in [1.54, 1.807) is 0 Å². The van der Waals surface area contributed by atoms with Gasteiger partial charge < -0.3 is 9.88 Å². The average Bonchev–Trinajstić information content (AvgIpc) is 3.35. The molecule has 6 heteroatoms. The first-order valence-corrected chi connectivity index (χ1v) is 13.6. The number of hydrogen-bond donors (Lipinski definition) is 1. The highest BCUT2D eigenvalue weighted by Gasteiger charge is 2.27. The van der Waals surface area contributed by atoms with E-state index in [-0.39, 0.29) is 5.91 Å². The Morgan fingerprint density at radius 2 is 1.86 bits per heavy atom. The molecule has 1 saturated heterocycles. The van der Waals surface area contributed by atoms with Crippen LogP contribution in [0.1, 0.15) is 83.0 Å². The number of carbonyl (C=O) groups excluding carboxylic acids is 1. The summed E-state index contributed by atoms with van der Waals surface area (Å²) in [4.78, 5) is 26.7. The van der Waals surface area contributed by atoms with Gasteiger partial charge in [-0.25, -0.2) is 4.98 Å². The van der Waals surface area contributed by atoms with E-state index in [4.69, 9.17) is 10.2 Å². The molecular weight excluding hydrogens is 458 g/mol. The van der Waals surface area contributed by atoms with E-state index < -0.39 is 0 Å². The molecule has 2 aliphatic heterocycles. The first-order chi connectivity index (χ1) is 17.9. The number of imidazole rings is 1. The lowest BCUT2D eigenvalue weighted by Gasteiger charge is -2.32. The van der Waals surface area contributed by atoms with E-state index in [0.717, 1.165) is 85.6 Å². The Kier molecular flexibility index (Phi) is 7.17. The van der Waals surface area contributed by atoms with Crippen molar-refractivity contribution in [2.45, 2.75) is 71.9 Å². The van der Waals surface area contributed by atoms with Crippen molar-refractivity contribution in [1.82, 2.24) is 19.8 Å². The minimum Gasteiger partial charge on any atom is -0.341 e. The van der Waals surface area contributed by atoms with E-state index in [9.17, 15) is 4.79 Å². The molecule has 0 saturated carbocycles. The van der Waals surface area contributed by atoms with E-state index in [1.165, 1.54) is 11.3 Å². The summed E-state index contributed by atoms with van der Waals surface area (Å²) in [5.41, 5.74) is 8.25. The van der Waals surface area contributed by atoms with Crippen LogP contribution in [0.4, 0.5) is 0 Å². The number of carbonyl (C=O) groups is 1. The van der Waals surface area contributed by atoms with Crippen LogP contribution in [0.2, 0.25) is 0 Å². The summed E-state index contributed by atoms with van der Waals surface area (Å²) >= 11 is 0. The van der Waals surface area contributed by atoms with Gasteiger partial charge in [-0.05, 0) is 80.8 Å². The lowest BCUT2D eigenvalue weighted by molar-refractivity contribution is 0.0712. The van der Waals surface area contributed by atoms with Crippen LogP contribution in [0.15, 0.2) is 36.4 Å². The average molecular weight is 496 g/mol. The van der Waals surface area contributed by atoms with Gasteiger partial charge in [-0.1, -0.05) is 25.1 Å². The van der Waals surface area contributed by atoms with Crippen LogP contribution in [-0.2, 0) is 13.0 Å². The van der Waals surface area contributed by atoms with Crippen LogP contribution in [0.25, 0.3) is 11.4 Å². The van der Waals surface area contributed by atoms with Gasteiger partial charge in [0.05, 0.1) is 23.0 Å². The Balaban J connectivity index is 1.32. The number of rotatable bonds is 5. The predicted octanol–water partition coefficient (Wildman–Crippen LogP) is 5.74. The molecule has 1 N–H and O–H groups in total. The number of hydrogen-bond acceptors (Lipinski definition) is 4. The summed E-state index contributed by atoms with van der Waals surface area (Å²) in [6, 6.07) is 14.8. The molecule has 0 spiro atoms. The van der Waals surface area contributed by atoms with Gasteiger partial charge in [0, 0.05) is 49.8 Å². The molecule has 1 amide bonds. The summed E-state index contributed by atoms with van der Waals surface area (Å²) in [5.74, 6) is 1.41. The van der Waals surface area contributed by atoms with Crippen LogP contribution in [0, 0.1) is 25.2 Å². The van der Waals surface area contributed by atoms with Crippen LogP contribution in [0.5, 0.6) is 0 Å². The Hall–Kier alpha value is -3.43. The third-order valence-electron chi connectivity index (χ3n) is 8.43. The monoisotopic (exact) mass is 495 g/mol. The maximum absolute atomic E-state index is 13.6. The number of piperidine rings is 1. The fraction of sp³-hybridized carbons (Fsp3) is 0.452. The maximum Gasteiger partial charge on any atom is 0.254 e. The largest absolute Gasteiger partial charge is 0.341 e. The molecule has 1 atom stereocenters. The minimum absolute atomic E-state index is 0.108. The summed E-state index contributed by atoms with van der Waals surface area (Å²) in [5, 5.41) is 9.06. The highest BCUT2D eigenvalue weighted by molar-refractivity contribution is 5.97. The number of nitrogens with zero attached hydrogens (tertiary/aromatic N) is 4. The number of fused-ring (bicyclic) bond motifs is 1. The Morgan fingerprint density at radius 1 is 1.14 bits per heavy atom. The number of aryl methyl sites for hydroxylation is 2. The van der Waals surface area contributed by atoms with E-state index in [2.05, 4.69) is 61.0 Å². The number of H-pyrrole nitrogens is 1. The van der Waals surface area contributed by atoms with Gasteiger partial charge >= 0.3 is 0 Å². The van der Waals surface area contributed by atoms with Crippen LogP contribution in [-0.4, -0.2) is 51.4 Å². The maximum atomic E-state index is 13.6. The summed E-state index contributed by atoms with van der Waals surface area (Å²) < 4.78 is 0. The van der Waals surface area contributed by atoms with Crippen molar-refractivity contribution in [3.05, 3.63) is 75.6 Å². The SMILES string of the molecule is CCC(C)N1CCc2nc(-c3cc(C(=O)N4CCC(c5ccc(C#N)cc5)CC4)c(C)cc3C)[nH]c2C1. The second-order valence-electron chi connectivity index (χ2n) is 10.8. The topological polar surface area (TPSA) is 76.0 Å². The number of nitriles is 1. The molecule has 3 heterocycles. The highest BCUT2D eigenvalue weighted by Crippen LogP contribution is 2.32. The zero-order chi connectivity index (χ0) is 26.1. The van der Waals surface area contributed by atoms with Crippen molar-refractivity contribution in [2.24, 2.45) is 0 Å². The van der Waals surface area contributed by atoms with Gasteiger partial charge in [-0.15, -0.1) is 0 Å². The lowest BCUT2D eigenvalue weighted by Crippen LogP contribution is -2.38. The van der Waals surface area contributed by atoms with Crippen molar-refractivity contribution in [2.75, 3.05) is 19.6 Å². The molecule has 37 heavy (non-hydrogen) atoms. The van der Waals surface area contributed by atoms with Crippen molar-refractivity contribution in [3.8, 4) is 17.5 Å². The zero-order valence-corrected chi connectivity index (χ0v) is 22.5. The van der Waals surface area contributed by atoms with Crippen LogP contribution >= 0.6 is 0 Å². The van der Waals surface area contributed by atoms with Gasteiger partial charge in [0.2, 0.25) is 0 Å². The molecule has 2 aromatic carbocycles. The first-order valence-electron chi connectivity index (χ1n) is 13.6. The van der Waals surface area contributed by atoms with Crippen molar-refractivity contribution in [3.63, 3.8) is 0 Å². The number of amides is 1. The van der Waals surface area contributed by atoms with Crippen LogP contribution in [0.3, 0.4) is 0 Å². The van der Waals surface area contributed by atoms with Gasteiger partial charge in [-0.2, -0.15) is 5.26 Å². The fourth-order valence-electron chi connectivity index (χ4n) is 5.83. The zero-order valence-electron chi connectivity index (χ0n) is 22.5. The Bertz CT molecular complexity index is 1320. The number of likely N-dealkylation sites (tertiary alicyclic amines) is 1. The lowest BCUT2D eigenvalue weighted by atomic mass is 9.88. The molecule has 1 fully saturated rings. The van der Waals surface area contributed by atoms with Gasteiger partial charge in [0.15, 0.2) is 0 Å². The fourth-order valence-corrected chi connectivity index (χ4v) is 5.83. The molecule has 192 valence electrons. The summed E-state index contributed by atoms with van der Waals surface area (Å²) in [7, 11) is 0. The second-order valence-corrected chi connectivity index (χ2v) is 10.8. The van der Waals surface area contributed by atoms with Crippen LogP contribution < -0.4 is 0 Å². The molecule has 0 aliphatic carbocycles. The molecule has 1 unspecified atom stereocenters. The van der Waals surface area contributed by atoms with Gasteiger partial charge in [0.25, 0.3) is 5.91 Å². The van der Waals surface area contributed by atoms with E-state index in [0.29, 0.717) is 17.5 Å². The number of aromatic nitrogens is 2. The molecule has 0 bridgehead atoms. The molecular formula is C31H37N5O. The molecule has 2 aliphatic rings. The minimum atomic E-state index is 0.108. The molecule has 1 aromatic heterocycles. The predicted molar refractivity (Wildman–Crippen MR) is 146 cm³/mol. The van der Waals surface area contributed by atoms with Gasteiger partial charge in [0.1, 0.15) is 5.82 Å². The quantitative estimate of drug-likeness (QED) is 0.490. The Morgan fingerprint density at radius 3 is 2.54 bits per heavy atom. The molecule has 6 nitrogen and oxygen atoms in total. The second kappa shape index (κ2) is 10.5. The third kappa shape index (κ3) is 5.06. The molecule has 0 radical (unpaired) electrons. The Labute approximate surface area is 220 Å². The molecule has 5 rings (SSSR count). The van der Waals surface area contributed by atoms with Crippen molar-refractivity contribution in [1.29, 1.82) is 5.26 Å². The number of aromatic amines is 1. The standard InChI is InChI=1S/C31H37N5O/c1-5-22(4)36-15-12-28-29(19-36)34-30(33-28)26-17-27(21(3)16-20(26)2)31(37)35-13-10-25(11-14-35)24-8-6-23(18-32)7-9-24/h6-9,16-17,22,25H,5,10-15,19H2,1-4H3,(H,33,34). The highest BCUT2D eigenvalue weighted by atomic mass is 16.2. The number of nitrogens with one attached hydrogen (secondary N) is 1. The number of benzene rings is 2. The van der Waals surface area contributed by atoms with Crippen molar-refractivity contribution >= 4 is 5.91 Å². The van der Waals surface area contributed by atoms with E-state index in [1.807, 2.05) is 24.0 Å². The van der Waals surface area contributed by atoms with Gasteiger partial charge in [-0.3, -0.25) is 9.69 Å². The normalized spacial score (nSPS) is 17.3. The summed E-state index contributed by atoms with van der Waals surface area (Å²) in [6.07, 6.45) is 3.98. The third-order valence-corrected chi connectivity index (χ3v) is 8.43. The molecule has 3 aromatic rings. The summed E-state index contributed by atoms with van der Waals surface area (Å²) in [6.45, 7) is 12.1. The first kappa shape index (κ1) is 25.2. The van der Waals surface area contributed by atoms with E-state index >= 15 is 0 Å².